The number of aromatic nitrogens is 2. The van der Waals surface area contributed by atoms with E-state index in [2.05, 4.69) is 10.2 Å². The fourth-order valence-electron chi connectivity index (χ4n) is 1.27. The summed E-state index contributed by atoms with van der Waals surface area (Å²) in [6.45, 7) is 2.20. The lowest BCUT2D eigenvalue weighted by atomic mass is 10.1. The molecule has 2 aromatic rings. The molecule has 1 aromatic carbocycles. The van der Waals surface area contributed by atoms with Crippen LogP contribution in [-0.2, 0) is 6.54 Å². The van der Waals surface area contributed by atoms with Crippen molar-refractivity contribution in [2.75, 3.05) is 0 Å². The van der Waals surface area contributed by atoms with E-state index in [1.807, 2.05) is 19.1 Å². The number of aryl methyl sites for hydroxylation is 1. The molecule has 78 valence electrons. The van der Waals surface area contributed by atoms with Crippen LogP contribution in [0.2, 0.25) is 5.02 Å². The first-order valence-corrected chi connectivity index (χ1v) is 4.87. The van der Waals surface area contributed by atoms with Crippen molar-refractivity contribution in [2.45, 2.75) is 13.5 Å². The SMILES string of the molecule is Cc1ccc(Cl)cc1-c1nnc(CN)o1. The summed E-state index contributed by atoms with van der Waals surface area (Å²) in [7, 11) is 0. The molecular formula is C10H10ClN3O. The summed E-state index contributed by atoms with van der Waals surface area (Å²) in [5.74, 6) is 0.875. The van der Waals surface area contributed by atoms with Crippen LogP contribution in [0.15, 0.2) is 22.6 Å². The number of benzene rings is 1. The predicted octanol–water partition coefficient (Wildman–Crippen LogP) is 2.16. The Morgan fingerprint density at radius 2 is 2.20 bits per heavy atom. The molecule has 0 radical (unpaired) electrons. The predicted molar refractivity (Wildman–Crippen MR) is 57.4 cm³/mol. The van der Waals surface area contributed by atoms with Crippen molar-refractivity contribution >= 4 is 11.6 Å². The zero-order valence-corrected chi connectivity index (χ0v) is 8.95. The van der Waals surface area contributed by atoms with E-state index in [1.165, 1.54) is 0 Å². The molecule has 4 nitrogen and oxygen atoms in total. The monoisotopic (exact) mass is 223 g/mol. The quantitative estimate of drug-likeness (QED) is 0.847. The summed E-state index contributed by atoms with van der Waals surface area (Å²) < 4.78 is 5.35. The number of hydrogen-bond acceptors (Lipinski definition) is 4. The van der Waals surface area contributed by atoms with Crippen LogP contribution in [-0.4, -0.2) is 10.2 Å². The molecule has 15 heavy (non-hydrogen) atoms. The Morgan fingerprint density at radius 3 is 2.87 bits per heavy atom. The van der Waals surface area contributed by atoms with Gasteiger partial charge in [-0.3, -0.25) is 0 Å². The van der Waals surface area contributed by atoms with Crippen molar-refractivity contribution in [3.05, 3.63) is 34.7 Å². The van der Waals surface area contributed by atoms with Gasteiger partial charge in [0.25, 0.3) is 0 Å². The van der Waals surface area contributed by atoms with Gasteiger partial charge in [0.1, 0.15) is 0 Å². The van der Waals surface area contributed by atoms with Gasteiger partial charge in [-0.25, -0.2) is 0 Å². The Kier molecular flexibility index (Phi) is 2.70. The average molecular weight is 224 g/mol. The summed E-state index contributed by atoms with van der Waals surface area (Å²) in [6, 6.07) is 5.52. The average Bonchev–Trinajstić information content (AvgIpc) is 2.70. The first-order valence-electron chi connectivity index (χ1n) is 4.49. The molecule has 0 saturated carbocycles. The van der Waals surface area contributed by atoms with Gasteiger partial charge in [-0.2, -0.15) is 0 Å². The molecule has 0 aliphatic rings. The van der Waals surface area contributed by atoms with Crippen LogP contribution >= 0.6 is 11.6 Å². The maximum absolute atomic E-state index is 5.89. The van der Waals surface area contributed by atoms with Crippen LogP contribution in [0.3, 0.4) is 0 Å². The van der Waals surface area contributed by atoms with E-state index in [-0.39, 0.29) is 6.54 Å². The Hall–Kier alpha value is -1.39. The fraction of sp³-hybridized carbons (Fsp3) is 0.200. The minimum absolute atomic E-state index is 0.243. The summed E-state index contributed by atoms with van der Waals surface area (Å²) in [4.78, 5) is 0. The van der Waals surface area contributed by atoms with Crippen molar-refractivity contribution in [1.82, 2.24) is 10.2 Å². The summed E-state index contributed by atoms with van der Waals surface area (Å²) in [6.07, 6.45) is 0. The van der Waals surface area contributed by atoms with E-state index in [9.17, 15) is 0 Å². The van der Waals surface area contributed by atoms with Crippen LogP contribution < -0.4 is 5.73 Å². The van der Waals surface area contributed by atoms with Crippen LogP contribution in [0, 0.1) is 6.92 Å². The lowest BCUT2D eigenvalue weighted by molar-refractivity contribution is 0.508. The molecule has 0 aliphatic heterocycles. The largest absolute Gasteiger partial charge is 0.419 e. The summed E-state index contributed by atoms with van der Waals surface area (Å²) >= 11 is 5.89. The van der Waals surface area contributed by atoms with Gasteiger partial charge < -0.3 is 10.2 Å². The number of nitrogens with zero attached hydrogens (tertiary/aromatic N) is 2. The molecule has 0 unspecified atom stereocenters. The van der Waals surface area contributed by atoms with Crippen molar-refractivity contribution in [2.24, 2.45) is 5.73 Å². The van der Waals surface area contributed by atoms with Gasteiger partial charge in [-0.1, -0.05) is 17.7 Å². The molecular weight excluding hydrogens is 214 g/mol. The van der Waals surface area contributed by atoms with Gasteiger partial charge >= 0.3 is 0 Å². The summed E-state index contributed by atoms with van der Waals surface area (Å²) in [5.41, 5.74) is 7.26. The van der Waals surface area contributed by atoms with E-state index in [1.54, 1.807) is 6.07 Å². The highest BCUT2D eigenvalue weighted by Crippen LogP contribution is 2.25. The molecule has 1 heterocycles. The van der Waals surface area contributed by atoms with Crippen molar-refractivity contribution in [3.63, 3.8) is 0 Å². The Morgan fingerprint density at radius 1 is 1.40 bits per heavy atom. The van der Waals surface area contributed by atoms with Crippen LogP contribution in [0.25, 0.3) is 11.5 Å². The molecule has 0 spiro atoms. The summed E-state index contributed by atoms with van der Waals surface area (Å²) in [5, 5.41) is 8.34. The molecule has 2 N–H and O–H groups in total. The molecule has 0 amide bonds. The van der Waals surface area contributed by atoms with Gasteiger partial charge in [0.2, 0.25) is 11.8 Å². The first-order chi connectivity index (χ1) is 7.20. The van der Waals surface area contributed by atoms with E-state index < -0.39 is 0 Å². The van der Waals surface area contributed by atoms with Gasteiger partial charge in [-0.05, 0) is 24.6 Å². The molecule has 0 aliphatic carbocycles. The molecule has 0 bridgehead atoms. The van der Waals surface area contributed by atoms with Gasteiger partial charge in [-0.15, -0.1) is 10.2 Å². The first kappa shape index (κ1) is 10.1. The van der Waals surface area contributed by atoms with Gasteiger partial charge in [0.05, 0.1) is 6.54 Å². The highest BCUT2D eigenvalue weighted by molar-refractivity contribution is 6.30. The second-order valence-corrected chi connectivity index (χ2v) is 3.60. The number of rotatable bonds is 2. The Balaban J connectivity index is 2.48. The Bertz CT molecular complexity index is 481. The lowest BCUT2D eigenvalue weighted by Crippen LogP contribution is -1.95. The zero-order chi connectivity index (χ0) is 10.8. The number of halogens is 1. The van der Waals surface area contributed by atoms with Crippen molar-refractivity contribution in [3.8, 4) is 11.5 Å². The van der Waals surface area contributed by atoms with Crippen LogP contribution in [0.5, 0.6) is 0 Å². The van der Waals surface area contributed by atoms with E-state index >= 15 is 0 Å². The molecule has 1 aromatic heterocycles. The number of nitrogens with two attached hydrogens (primary N) is 1. The number of hydrogen-bond donors (Lipinski definition) is 1. The third kappa shape index (κ3) is 2.00. The molecule has 5 heteroatoms. The molecule has 2 rings (SSSR count). The van der Waals surface area contributed by atoms with Gasteiger partial charge in [0.15, 0.2) is 0 Å². The van der Waals surface area contributed by atoms with Crippen LogP contribution in [0.1, 0.15) is 11.5 Å². The maximum Gasteiger partial charge on any atom is 0.248 e. The zero-order valence-electron chi connectivity index (χ0n) is 8.20. The standard InChI is InChI=1S/C10H10ClN3O/c1-6-2-3-7(11)4-8(6)10-14-13-9(5-12)15-10/h2-4H,5,12H2,1H3. The van der Waals surface area contributed by atoms with E-state index in [4.69, 9.17) is 21.8 Å². The van der Waals surface area contributed by atoms with E-state index in [0.29, 0.717) is 16.8 Å². The minimum Gasteiger partial charge on any atom is -0.419 e. The van der Waals surface area contributed by atoms with E-state index in [0.717, 1.165) is 11.1 Å². The third-order valence-electron chi connectivity index (χ3n) is 2.07. The van der Waals surface area contributed by atoms with Crippen molar-refractivity contribution in [1.29, 1.82) is 0 Å². The van der Waals surface area contributed by atoms with Crippen molar-refractivity contribution < 1.29 is 4.42 Å². The second-order valence-electron chi connectivity index (χ2n) is 3.16. The van der Waals surface area contributed by atoms with Gasteiger partial charge in [0, 0.05) is 10.6 Å². The molecule has 0 atom stereocenters. The Labute approximate surface area is 92.1 Å². The molecule has 0 saturated heterocycles. The lowest BCUT2D eigenvalue weighted by Gasteiger charge is -2.00. The fourth-order valence-corrected chi connectivity index (χ4v) is 1.44. The van der Waals surface area contributed by atoms with Crippen LogP contribution in [0.4, 0.5) is 0 Å². The molecule has 0 fully saturated rings. The smallest absolute Gasteiger partial charge is 0.248 e. The third-order valence-corrected chi connectivity index (χ3v) is 2.31. The second kappa shape index (κ2) is 4.00. The highest BCUT2D eigenvalue weighted by atomic mass is 35.5. The topological polar surface area (TPSA) is 64.9 Å². The maximum atomic E-state index is 5.89. The minimum atomic E-state index is 0.243. The highest BCUT2D eigenvalue weighted by Gasteiger charge is 2.10. The normalized spacial score (nSPS) is 10.6.